The Morgan fingerprint density at radius 2 is 2.00 bits per heavy atom. The fraction of sp³-hybridized carbons (Fsp3) is 0.833. The minimum atomic E-state index is 0.463. The molecule has 2 N–H and O–H groups in total. The van der Waals surface area contributed by atoms with Crippen LogP contribution in [0, 0.1) is 0 Å². The van der Waals surface area contributed by atoms with Crippen molar-refractivity contribution in [3.8, 4) is 0 Å². The zero-order chi connectivity index (χ0) is 12.8. The molecule has 0 aliphatic carbocycles. The van der Waals surface area contributed by atoms with Gasteiger partial charge in [-0.1, -0.05) is 5.21 Å². The molecule has 0 bridgehead atoms. The Bertz CT molecular complexity index is 344. The number of rotatable bonds is 7. The van der Waals surface area contributed by atoms with Crippen LogP contribution in [0.2, 0.25) is 0 Å². The maximum atomic E-state index is 5.50. The Morgan fingerprint density at radius 1 is 1.28 bits per heavy atom. The molecule has 6 heteroatoms. The summed E-state index contributed by atoms with van der Waals surface area (Å²) in [7, 11) is 2.16. The molecule has 6 nitrogen and oxygen atoms in total. The van der Waals surface area contributed by atoms with Crippen molar-refractivity contribution >= 4 is 0 Å². The lowest BCUT2D eigenvalue weighted by atomic mass is 10.4. The van der Waals surface area contributed by atoms with Crippen molar-refractivity contribution in [1.29, 1.82) is 0 Å². The molecular formula is C12H24N6. The van der Waals surface area contributed by atoms with E-state index in [2.05, 4.69) is 27.2 Å². The fourth-order valence-corrected chi connectivity index (χ4v) is 2.24. The Kier molecular flexibility index (Phi) is 5.10. The SMILES string of the molecule is CN(CCN1CCCC1)CCn1cc(CN)nn1. The van der Waals surface area contributed by atoms with Crippen LogP contribution in [0.4, 0.5) is 0 Å². The minimum absolute atomic E-state index is 0.463. The molecule has 0 unspecified atom stereocenters. The Labute approximate surface area is 109 Å². The normalized spacial score (nSPS) is 16.8. The van der Waals surface area contributed by atoms with E-state index in [0.717, 1.165) is 25.3 Å². The first-order valence-electron chi connectivity index (χ1n) is 6.78. The van der Waals surface area contributed by atoms with Crippen molar-refractivity contribution in [3.05, 3.63) is 11.9 Å². The quantitative estimate of drug-likeness (QED) is 0.726. The first-order valence-corrected chi connectivity index (χ1v) is 6.78. The lowest BCUT2D eigenvalue weighted by Crippen LogP contribution is -2.33. The molecular weight excluding hydrogens is 228 g/mol. The van der Waals surface area contributed by atoms with Crippen LogP contribution >= 0.6 is 0 Å². The van der Waals surface area contributed by atoms with Gasteiger partial charge in [-0.25, -0.2) is 0 Å². The maximum absolute atomic E-state index is 5.50. The summed E-state index contributed by atoms with van der Waals surface area (Å²) in [6, 6.07) is 0. The number of nitrogens with two attached hydrogens (primary N) is 1. The number of likely N-dealkylation sites (N-methyl/N-ethyl adjacent to an activating group) is 1. The molecule has 0 atom stereocenters. The second kappa shape index (κ2) is 6.82. The minimum Gasteiger partial charge on any atom is -0.325 e. The lowest BCUT2D eigenvalue weighted by molar-refractivity contribution is 0.248. The van der Waals surface area contributed by atoms with E-state index in [-0.39, 0.29) is 0 Å². The summed E-state index contributed by atoms with van der Waals surface area (Å²) in [5.74, 6) is 0. The van der Waals surface area contributed by atoms with Crippen LogP contribution in [0.25, 0.3) is 0 Å². The predicted octanol–water partition coefficient (Wildman–Crippen LogP) is -0.236. The third kappa shape index (κ3) is 4.04. The van der Waals surface area contributed by atoms with Gasteiger partial charge in [0.15, 0.2) is 0 Å². The molecule has 102 valence electrons. The largest absolute Gasteiger partial charge is 0.325 e. The van der Waals surface area contributed by atoms with Crippen LogP contribution in [-0.2, 0) is 13.1 Å². The van der Waals surface area contributed by atoms with E-state index in [1.807, 2.05) is 10.9 Å². The van der Waals surface area contributed by atoms with Crippen LogP contribution in [0.15, 0.2) is 6.20 Å². The summed E-state index contributed by atoms with van der Waals surface area (Å²) in [5, 5.41) is 8.03. The smallest absolute Gasteiger partial charge is 0.0962 e. The van der Waals surface area contributed by atoms with E-state index in [9.17, 15) is 0 Å². The highest BCUT2D eigenvalue weighted by molar-refractivity contribution is 4.90. The maximum Gasteiger partial charge on any atom is 0.0962 e. The number of nitrogens with zero attached hydrogens (tertiary/aromatic N) is 5. The summed E-state index contributed by atoms with van der Waals surface area (Å²) >= 11 is 0. The fourth-order valence-electron chi connectivity index (χ4n) is 2.24. The van der Waals surface area contributed by atoms with Gasteiger partial charge in [0.1, 0.15) is 0 Å². The van der Waals surface area contributed by atoms with E-state index in [1.54, 1.807) is 0 Å². The van der Waals surface area contributed by atoms with Gasteiger partial charge >= 0.3 is 0 Å². The number of hydrogen-bond acceptors (Lipinski definition) is 5. The summed E-state index contributed by atoms with van der Waals surface area (Å²) in [6.07, 6.45) is 4.66. The summed E-state index contributed by atoms with van der Waals surface area (Å²) in [4.78, 5) is 4.89. The van der Waals surface area contributed by atoms with Crippen molar-refractivity contribution in [3.63, 3.8) is 0 Å². The van der Waals surface area contributed by atoms with Gasteiger partial charge in [-0.05, 0) is 33.0 Å². The van der Waals surface area contributed by atoms with Crippen LogP contribution < -0.4 is 5.73 Å². The molecule has 0 radical (unpaired) electrons. The lowest BCUT2D eigenvalue weighted by Gasteiger charge is -2.21. The number of aromatic nitrogens is 3. The highest BCUT2D eigenvalue weighted by atomic mass is 15.4. The van der Waals surface area contributed by atoms with Gasteiger partial charge in [-0.3, -0.25) is 4.68 Å². The van der Waals surface area contributed by atoms with E-state index < -0.39 is 0 Å². The average molecular weight is 252 g/mol. The molecule has 1 aromatic heterocycles. The van der Waals surface area contributed by atoms with Crippen molar-refractivity contribution in [2.24, 2.45) is 5.73 Å². The van der Waals surface area contributed by atoms with Crippen LogP contribution in [0.5, 0.6) is 0 Å². The van der Waals surface area contributed by atoms with Gasteiger partial charge in [-0.2, -0.15) is 0 Å². The van der Waals surface area contributed by atoms with Gasteiger partial charge in [-0.15, -0.1) is 5.10 Å². The molecule has 0 spiro atoms. The third-order valence-corrected chi connectivity index (χ3v) is 3.50. The van der Waals surface area contributed by atoms with Gasteiger partial charge < -0.3 is 15.5 Å². The van der Waals surface area contributed by atoms with E-state index >= 15 is 0 Å². The Balaban J connectivity index is 1.63. The first kappa shape index (κ1) is 13.5. The van der Waals surface area contributed by atoms with E-state index in [1.165, 1.54) is 32.5 Å². The number of likely N-dealkylation sites (tertiary alicyclic amines) is 1. The molecule has 0 amide bonds. The third-order valence-electron chi connectivity index (χ3n) is 3.50. The molecule has 1 aromatic rings. The molecule has 2 heterocycles. The second-order valence-corrected chi connectivity index (χ2v) is 5.03. The molecule has 18 heavy (non-hydrogen) atoms. The van der Waals surface area contributed by atoms with Crippen LogP contribution in [0.3, 0.4) is 0 Å². The Morgan fingerprint density at radius 3 is 2.67 bits per heavy atom. The summed E-state index contributed by atoms with van der Waals surface area (Å²) in [5.41, 5.74) is 6.36. The standard InChI is InChI=1S/C12H24N6/c1-16(6-8-17-4-2-3-5-17)7-9-18-11-12(10-13)14-15-18/h11H,2-10,13H2,1H3. The summed E-state index contributed by atoms with van der Waals surface area (Å²) < 4.78 is 1.87. The number of hydrogen-bond donors (Lipinski definition) is 1. The highest BCUT2D eigenvalue weighted by Gasteiger charge is 2.11. The molecule has 2 rings (SSSR count). The van der Waals surface area contributed by atoms with E-state index in [0.29, 0.717) is 6.54 Å². The monoisotopic (exact) mass is 252 g/mol. The van der Waals surface area contributed by atoms with E-state index in [4.69, 9.17) is 5.73 Å². The first-order chi connectivity index (χ1) is 8.78. The Hall–Kier alpha value is -0.980. The van der Waals surface area contributed by atoms with Crippen molar-refractivity contribution < 1.29 is 0 Å². The summed E-state index contributed by atoms with van der Waals surface area (Å²) in [6.45, 7) is 7.20. The molecule has 0 saturated carbocycles. The van der Waals surface area contributed by atoms with Gasteiger partial charge in [0.2, 0.25) is 0 Å². The highest BCUT2D eigenvalue weighted by Crippen LogP contribution is 2.06. The van der Waals surface area contributed by atoms with Crippen molar-refractivity contribution in [2.45, 2.75) is 25.9 Å². The van der Waals surface area contributed by atoms with Gasteiger partial charge in [0.25, 0.3) is 0 Å². The second-order valence-electron chi connectivity index (χ2n) is 5.03. The van der Waals surface area contributed by atoms with Crippen LogP contribution in [0.1, 0.15) is 18.5 Å². The molecule has 1 aliphatic rings. The van der Waals surface area contributed by atoms with Gasteiger partial charge in [0.05, 0.1) is 12.2 Å². The van der Waals surface area contributed by atoms with Crippen molar-refractivity contribution in [1.82, 2.24) is 24.8 Å². The van der Waals surface area contributed by atoms with Gasteiger partial charge in [0, 0.05) is 32.4 Å². The molecule has 1 saturated heterocycles. The zero-order valence-corrected chi connectivity index (χ0v) is 11.3. The average Bonchev–Trinajstić information content (AvgIpc) is 3.04. The van der Waals surface area contributed by atoms with Crippen LogP contribution in [-0.4, -0.2) is 64.6 Å². The topological polar surface area (TPSA) is 63.2 Å². The zero-order valence-electron chi connectivity index (χ0n) is 11.3. The van der Waals surface area contributed by atoms with Crippen molar-refractivity contribution in [2.75, 3.05) is 39.8 Å². The molecule has 1 fully saturated rings. The molecule has 1 aliphatic heterocycles. The molecule has 0 aromatic carbocycles. The predicted molar refractivity (Wildman–Crippen MR) is 71.1 cm³/mol.